The predicted molar refractivity (Wildman–Crippen MR) is 98.1 cm³/mol. The van der Waals surface area contributed by atoms with Crippen LogP contribution in [0.1, 0.15) is 23.2 Å². The second kappa shape index (κ2) is 6.78. The lowest BCUT2D eigenvalue weighted by molar-refractivity contribution is 0.0765. The minimum absolute atomic E-state index is 0.0355. The van der Waals surface area contributed by atoms with Gasteiger partial charge in [0.25, 0.3) is 5.91 Å². The summed E-state index contributed by atoms with van der Waals surface area (Å²) in [6.07, 6.45) is 9.20. The van der Waals surface area contributed by atoms with Gasteiger partial charge in [0, 0.05) is 52.2 Å². The molecule has 0 aromatic carbocycles. The molecule has 8 nitrogen and oxygen atoms in total. The number of amides is 1. The number of hydrogen-bond acceptors (Lipinski definition) is 5. The number of fused-ring (bicyclic) bond motifs is 1. The van der Waals surface area contributed by atoms with Gasteiger partial charge in [0.15, 0.2) is 5.65 Å². The molecule has 0 bridgehead atoms. The Bertz CT molecular complexity index is 907. The van der Waals surface area contributed by atoms with Crippen LogP contribution < -0.4 is 4.90 Å². The third-order valence-electron chi connectivity index (χ3n) is 5.01. The summed E-state index contributed by atoms with van der Waals surface area (Å²) < 4.78 is 3.43. The molecule has 0 radical (unpaired) electrons. The number of aromatic nitrogens is 5. The summed E-state index contributed by atoms with van der Waals surface area (Å²) in [5.41, 5.74) is 1.51. The first-order valence-corrected chi connectivity index (χ1v) is 8.89. The van der Waals surface area contributed by atoms with Crippen LogP contribution in [-0.4, -0.2) is 61.9 Å². The van der Waals surface area contributed by atoms with E-state index < -0.39 is 0 Å². The predicted octanol–water partition coefficient (Wildman–Crippen LogP) is 1.45. The Morgan fingerprint density at radius 2 is 2.08 bits per heavy atom. The highest BCUT2D eigenvalue weighted by Crippen LogP contribution is 2.23. The molecule has 3 aromatic rings. The number of aryl methyl sites for hydroxylation is 1. The second-order valence-corrected chi connectivity index (χ2v) is 6.94. The smallest absolute Gasteiger partial charge is 0.256 e. The van der Waals surface area contributed by atoms with Crippen LogP contribution in [-0.2, 0) is 7.05 Å². The molecule has 1 amide bonds. The Balaban J connectivity index is 1.33. The highest BCUT2D eigenvalue weighted by Gasteiger charge is 2.23. The van der Waals surface area contributed by atoms with Gasteiger partial charge in [-0.3, -0.25) is 9.48 Å². The van der Waals surface area contributed by atoms with E-state index in [9.17, 15) is 4.79 Å². The van der Waals surface area contributed by atoms with E-state index in [1.54, 1.807) is 27.8 Å². The summed E-state index contributed by atoms with van der Waals surface area (Å²) in [7, 11) is 3.69. The van der Waals surface area contributed by atoms with Crippen molar-refractivity contribution in [2.45, 2.75) is 12.8 Å². The maximum absolute atomic E-state index is 12.5. The number of anilines is 1. The molecule has 1 fully saturated rings. The van der Waals surface area contributed by atoms with Crippen molar-refractivity contribution in [3.63, 3.8) is 0 Å². The molecule has 4 rings (SSSR count). The Hall–Kier alpha value is -2.90. The first-order chi connectivity index (χ1) is 12.6. The fourth-order valence-electron chi connectivity index (χ4n) is 3.55. The average Bonchev–Trinajstić information content (AvgIpc) is 3.29. The minimum atomic E-state index is 0.0355. The summed E-state index contributed by atoms with van der Waals surface area (Å²) in [5, 5.41) is 8.26. The van der Waals surface area contributed by atoms with Crippen LogP contribution in [0.2, 0.25) is 0 Å². The van der Waals surface area contributed by atoms with Crippen molar-refractivity contribution in [3.05, 3.63) is 42.5 Å². The van der Waals surface area contributed by atoms with E-state index in [1.807, 2.05) is 37.3 Å². The molecule has 26 heavy (non-hydrogen) atoms. The standard InChI is InChI=1S/C18H23N7O/c1-22(18(26)15-11-20-23(2)13-15)12-14-4-8-24(9-5-14)16-6-10-25-17(21-16)3-7-19-25/h3,6-7,10-11,13-14H,4-5,8-9,12H2,1-2H3. The van der Waals surface area contributed by atoms with Crippen LogP contribution in [0.5, 0.6) is 0 Å². The third-order valence-corrected chi connectivity index (χ3v) is 5.01. The molecule has 8 heteroatoms. The van der Waals surface area contributed by atoms with E-state index in [4.69, 9.17) is 0 Å². The fraction of sp³-hybridized carbons (Fsp3) is 0.444. The molecule has 1 saturated heterocycles. The maximum Gasteiger partial charge on any atom is 0.256 e. The van der Waals surface area contributed by atoms with Crippen LogP contribution >= 0.6 is 0 Å². The van der Waals surface area contributed by atoms with Crippen LogP contribution in [0.3, 0.4) is 0 Å². The summed E-state index contributed by atoms with van der Waals surface area (Å²) in [6, 6.07) is 3.92. The zero-order chi connectivity index (χ0) is 18.1. The van der Waals surface area contributed by atoms with Gasteiger partial charge in [0.05, 0.1) is 18.0 Å². The van der Waals surface area contributed by atoms with Crippen LogP contribution in [0.4, 0.5) is 5.82 Å². The number of rotatable bonds is 4. The van der Waals surface area contributed by atoms with Gasteiger partial charge < -0.3 is 9.80 Å². The highest BCUT2D eigenvalue weighted by atomic mass is 16.2. The molecule has 1 aliphatic heterocycles. The largest absolute Gasteiger partial charge is 0.356 e. The van der Waals surface area contributed by atoms with Gasteiger partial charge in [-0.1, -0.05) is 0 Å². The first kappa shape index (κ1) is 16.6. The lowest BCUT2D eigenvalue weighted by Crippen LogP contribution is -2.39. The third kappa shape index (κ3) is 3.26. The molecule has 1 aliphatic rings. The number of hydrogen-bond donors (Lipinski definition) is 0. The van der Waals surface area contributed by atoms with E-state index in [0.29, 0.717) is 11.5 Å². The van der Waals surface area contributed by atoms with Gasteiger partial charge >= 0.3 is 0 Å². The van der Waals surface area contributed by atoms with E-state index >= 15 is 0 Å². The number of piperidine rings is 1. The molecule has 0 spiro atoms. The van der Waals surface area contributed by atoms with E-state index in [2.05, 4.69) is 20.1 Å². The number of carbonyl (C=O) groups is 1. The van der Waals surface area contributed by atoms with Gasteiger partial charge in [-0.2, -0.15) is 10.2 Å². The first-order valence-electron chi connectivity index (χ1n) is 8.89. The summed E-state index contributed by atoms with van der Waals surface area (Å²) in [4.78, 5) is 21.3. The lowest BCUT2D eigenvalue weighted by Gasteiger charge is -2.34. The van der Waals surface area contributed by atoms with E-state index in [0.717, 1.165) is 43.9 Å². The van der Waals surface area contributed by atoms with Crippen molar-refractivity contribution in [2.24, 2.45) is 13.0 Å². The Labute approximate surface area is 152 Å². The van der Waals surface area contributed by atoms with Crippen molar-refractivity contribution < 1.29 is 4.79 Å². The molecule has 0 aliphatic carbocycles. The zero-order valence-corrected chi connectivity index (χ0v) is 15.1. The fourth-order valence-corrected chi connectivity index (χ4v) is 3.55. The summed E-state index contributed by atoms with van der Waals surface area (Å²) in [5.74, 6) is 1.54. The van der Waals surface area contributed by atoms with E-state index in [-0.39, 0.29) is 5.91 Å². The van der Waals surface area contributed by atoms with Gasteiger partial charge in [-0.15, -0.1) is 0 Å². The molecule has 136 valence electrons. The topological polar surface area (TPSA) is 71.6 Å². The highest BCUT2D eigenvalue weighted by molar-refractivity contribution is 5.93. The molecule has 0 atom stereocenters. The number of carbonyl (C=O) groups excluding carboxylic acids is 1. The minimum Gasteiger partial charge on any atom is -0.356 e. The Kier molecular flexibility index (Phi) is 4.32. The van der Waals surface area contributed by atoms with Crippen molar-refractivity contribution in [2.75, 3.05) is 31.6 Å². The number of nitrogens with zero attached hydrogens (tertiary/aromatic N) is 7. The molecule has 0 N–H and O–H groups in total. The maximum atomic E-state index is 12.5. The average molecular weight is 353 g/mol. The van der Waals surface area contributed by atoms with Gasteiger partial charge in [0.2, 0.25) is 0 Å². The van der Waals surface area contributed by atoms with Gasteiger partial charge in [-0.25, -0.2) is 9.50 Å². The van der Waals surface area contributed by atoms with Crippen LogP contribution in [0.15, 0.2) is 36.9 Å². The second-order valence-electron chi connectivity index (χ2n) is 6.94. The molecular weight excluding hydrogens is 330 g/mol. The molecule has 3 aromatic heterocycles. The van der Waals surface area contributed by atoms with Crippen LogP contribution in [0, 0.1) is 5.92 Å². The van der Waals surface area contributed by atoms with Gasteiger partial charge in [-0.05, 0) is 24.8 Å². The quantitative estimate of drug-likeness (QED) is 0.710. The Morgan fingerprint density at radius 3 is 2.81 bits per heavy atom. The summed E-state index contributed by atoms with van der Waals surface area (Å²) >= 11 is 0. The molecular formula is C18H23N7O. The van der Waals surface area contributed by atoms with Crippen molar-refractivity contribution >= 4 is 17.4 Å². The molecule has 4 heterocycles. The molecule has 0 unspecified atom stereocenters. The zero-order valence-electron chi connectivity index (χ0n) is 15.1. The monoisotopic (exact) mass is 353 g/mol. The normalized spacial score (nSPS) is 15.5. The van der Waals surface area contributed by atoms with E-state index in [1.165, 1.54) is 0 Å². The van der Waals surface area contributed by atoms with Crippen molar-refractivity contribution in [3.8, 4) is 0 Å². The van der Waals surface area contributed by atoms with Crippen LogP contribution in [0.25, 0.3) is 5.65 Å². The SMILES string of the molecule is CN(CC1CCN(c2ccn3nccc3n2)CC1)C(=O)c1cnn(C)c1. The van der Waals surface area contributed by atoms with Crippen molar-refractivity contribution in [1.29, 1.82) is 0 Å². The van der Waals surface area contributed by atoms with Crippen molar-refractivity contribution in [1.82, 2.24) is 29.3 Å². The summed E-state index contributed by atoms with van der Waals surface area (Å²) in [6.45, 7) is 2.68. The van der Waals surface area contributed by atoms with Gasteiger partial charge in [0.1, 0.15) is 5.82 Å². The molecule has 0 saturated carbocycles. The Morgan fingerprint density at radius 1 is 1.27 bits per heavy atom. The lowest BCUT2D eigenvalue weighted by atomic mass is 9.96.